The van der Waals surface area contributed by atoms with Gasteiger partial charge in [-0.2, -0.15) is 15.0 Å². The zero-order valence-electron chi connectivity index (χ0n) is 8.70. The fourth-order valence-corrected chi connectivity index (χ4v) is 1.84. The van der Waals surface area contributed by atoms with Crippen LogP contribution in [0.3, 0.4) is 0 Å². The summed E-state index contributed by atoms with van der Waals surface area (Å²) in [5.41, 5.74) is 0. The van der Waals surface area contributed by atoms with Crippen molar-refractivity contribution < 1.29 is 0 Å². The topological polar surface area (TPSA) is 53.9 Å². The molecule has 1 aliphatic heterocycles. The average molecular weight is 228 g/mol. The van der Waals surface area contributed by atoms with Gasteiger partial charge in [-0.05, 0) is 30.9 Å². The summed E-state index contributed by atoms with van der Waals surface area (Å²) in [6, 6.07) is 0. The Bertz CT molecular complexity index is 337. The summed E-state index contributed by atoms with van der Waals surface area (Å²) in [5, 5.41) is 3.12. The largest absolute Gasteiger partial charge is 0.357 e. The van der Waals surface area contributed by atoms with Crippen molar-refractivity contribution in [1.82, 2.24) is 15.0 Å². The van der Waals surface area contributed by atoms with Gasteiger partial charge in [-0.3, -0.25) is 0 Å². The van der Waals surface area contributed by atoms with Gasteiger partial charge in [-0.15, -0.1) is 0 Å². The lowest BCUT2D eigenvalue weighted by Crippen LogP contribution is -2.31. The van der Waals surface area contributed by atoms with Crippen LogP contribution in [0.25, 0.3) is 0 Å². The minimum atomic E-state index is 0.245. The molecule has 2 heterocycles. The smallest absolute Gasteiger partial charge is 0.231 e. The van der Waals surface area contributed by atoms with E-state index in [9.17, 15) is 0 Å². The van der Waals surface area contributed by atoms with Gasteiger partial charge in [-0.25, -0.2) is 0 Å². The van der Waals surface area contributed by atoms with Gasteiger partial charge in [-0.1, -0.05) is 0 Å². The van der Waals surface area contributed by atoms with Gasteiger partial charge in [0.25, 0.3) is 0 Å². The molecule has 1 aliphatic rings. The number of nitrogens with zero attached hydrogens (tertiary/aromatic N) is 4. The van der Waals surface area contributed by atoms with E-state index in [1.807, 2.05) is 0 Å². The highest BCUT2D eigenvalue weighted by Crippen LogP contribution is 2.17. The molecule has 0 atom stereocenters. The maximum absolute atomic E-state index is 5.82. The van der Waals surface area contributed by atoms with Crippen LogP contribution in [-0.4, -0.2) is 35.1 Å². The molecule has 1 aromatic rings. The van der Waals surface area contributed by atoms with Crippen molar-refractivity contribution in [2.75, 3.05) is 30.4 Å². The van der Waals surface area contributed by atoms with E-state index in [1.54, 1.807) is 7.05 Å². The molecule has 0 spiro atoms. The maximum Gasteiger partial charge on any atom is 0.231 e. The Morgan fingerprint density at radius 1 is 1.13 bits per heavy atom. The molecule has 82 valence electrons. The van der Waals surface area contributed by atoms with Crippen LogP contribution in [-0.2, 0) is 0 Å². The molecule has 6 heteroatoms. The number of hydrogen-bond donors (Lipinski definition) is 1. The minimum Gasteiger partial charge on any atom is -0.357 e. The van der Waals surface area contributed by atoms with E-state index in [0.29, 0.717) is 11.9 Å². The minimum absolute atomic E-state index is 0.245. The monoisotopic (exact) mass is 227 g/mol. The fraction of sp³-hybridized carbons (Fsp3) is 0.667. The number of hydrogen-bond acceptors (Lipinski definition) is 5. The van der Waals surface area contributed by atoms with Gasteiger partial charge in [0.15, 0.2) is 0 Å². The second-order valence-electron chi connectivity index (χ2n) is 3.53. The number of halogens is 1. The molecule has 0 radical (unpaired) electrons. The van der Waals surface area contributed by atoms with Gasteiger partial charge < -0.3 is 10.2 Å². The summed E-state index contributed by atoms with van der Waals surface area (Å²) in [6.45, 7) is 2.01. The maximum atomic E-state index is 5.82. The van der Waals surface area contributed by atoms with E-state index >= 15 is 0 Å². The van der Waals surface area contributed by atoms with E-state index in [2.05, 4.69) is 25.2 Å². The Morgan fingerprint density at radius 2 is 1.87 bits per heavy atom. The van der Waals surface area contributed by atoms with E-state index in [1.165, 1.54) is 19.3 Å². The molecule has 1 saturated heterocycles. The number of rotatable bonds is 2. The predicted molar refractivity (Wildman–Crippen MR) is 60.4 cm³/mol. The Balaban J connectivity index is 2.22. The van der Waals surface area contributed by atoms with Crippen LogP contribution < -0.4 is 10.2 Å². The van der Waals surface area contributed by atoms with Crippen molar-refractivity contribution in [2.45, 2.75) is 19.3 Å². The molecule has 0 saturated carbocycles. The van der Waals surface area contributed by atoms with Crippen LogP contribution in [0.1, 0.15) is 19.3 Å². The first-order valence-electron chi connectivity index (χ1n) is 5.14. The summed E-state index contributed by atoms with van der Waals surface area (Å²) >= 11 is 5.82. The molecular weight excluding hydrogens is 214 g/mol. The number of aromatic nitrogens is 3. The van der Waals surface area contributed by atoms with E-state index in [4.69, 9.17) is 11.6 Å². The Kier molecular flexibility index (Phi) is 3.20. The van der Waals surface area contributed by atoms with Gasteiger partial charge in [0.05, 0.1) is 0 Å². The molecule has 5 nitrogen and oxygen atoms in total. The second kappa shape index (κ2) is 4.61. The van der Waals surface area contributed by atoms with Crippen LogP contribution in [0.4, 0.5) is 11.9 Å². The lowest BCUT2D eigenvalue weighted by atomic mass is 10.1. The van der Waals surface area contributed by atoms with Crippen LogP contribution in [0.15, 0.2) is 0 Å². The average Bonchev–Trinajstić information content (AvgIpc) is 2.29. The molecule has 0 aromatic carbocycles. The predicted octanol–water partition coefficient (Wildman–Crippen LogP) is 1.56. The summed E-state index contributed by atoms with van der Waals surface area (Å²) in [7, 11) is 1.77. The van der Waals surface area contributed by atoms with Gasteiger partial charge >= 0.3 is 0 Å². The SMILES string of the molecule is CNc1nc(Cl)nc(N2CCCCC2)n1. The quantitative estimate of drug-likeness (QED) is 0.831. The van der Waals surface area contributed by atoms with E-state index in [0.717, 1.165) is 13.1 Å². The lowest BCUT2D eigenvalue weighted by molar-refractivity contribution is 0.567. The number of anilines is 2. The van der Waals surface area contributed by atoms with E-state index in [-0.39, 0.29) is 5.28 Å². The standard InChI is InChI=1S/C9H14ClN5/c1-11-8-12-7(10)13-9(14-8)15-5-3-2-4-6-15/h2-6H2,1H3,(H,11,12,13,14). The summed E-state index contributed by atoms with van der Waals surface area (Å²) in [6.07, 6.45) is 3.67. The fourth-order valence-electron chi connectivity index (χ4n) is 1.69. The Morgan fingerprint density at radius 3 is 2.53 bits per heavy atom. The Labute approximate surface area is 93.9 Å². The molecular formula is C9H14ClN5. The van der Waals surface area contributed by atoms with Crippen LogP contribution in [0.2, 0.25) is 5.28 Å². The third-order valence-corrected chi connectivity index (χ3v) is 2.63. The highest BCUT2D eigenvalue weighted by Gasteiger charge is 2.15. The van der Waals surface area contributed by atoms with Crippen molar-refractivity contribution in [3.8, 4) is 0 Å². The Hall–Kier alpha value is -1.10. The highest BCUT2D eigenvalue weighted by molar-refractivity contribution is 6.28. The first-order chi connectivity index (χ1) is 7.29. The lowest BCUT2D eigenvalue weighted by Gasteiger charge is -2.26. The third-order valence-electron chi connectivity index (χ3n) is 2.46. The zero-order valence-corrected chi connectivity index (χ0v) is 9.46. The summed E-state index contributed by atoms with van der Waals surface area (Å²) in [5.74, 6) is 1.20. The molecule has 2 rings (SSSR count). The molecule has 0 amide bonds. The first kappa shape index (κ1) is 10.4. The van der Waals surface area contributed by atoms with E-state index < -0.39 is 0 Å². The molecule has 0 bridgehead atoms. The van der Waals surface area contributed by atoms with Crippen LogP contribution in [0.5, 0.6) is 0 Å². The van der Waals surface area contributed by atoms with Crippen LogP contribution >= 0.6 is 11.6 Å². The summed E-state index contributed by atoms with van der Waals surface area (Å²) < 4.78 is 0. The van der Waals surface area contributed by atoms with Gasteiger partial charge in [0.2, 0.25) is 17.2 Å². The molecule has 0 unspecified atom stereocenters. The molecule has 15 heavy (non-hydrogen) atoms. The van der Waals surface area contributed by atoms with Crippen molar-refractivity contribution in [3.63, 3.8) is 0 Å². The van der Waals surface area contributed by atoms with Crippen molar-refractivity contribution in [2.24, 2.45) is 0 Å². The molecule has 1 N–H and O–H groups in total. The van der Waals surface area contributed by atoms with Gasteiger partial charge in [0.1, 0.15) is 0 Å². The molecule has 1 fully saturated rings. The molecule has 0 aliphatic carbocycles. The highest BCUT2D eigenvalue weighted by atomic mass is 35.5. The first-order valence-corrected chi connectivity index (χ1v) is 5.51. The second-order valence-corrected chi connectivity index (χ2v) is 3.86. The zero-order chi connectivity index (χ0) is 10.7. The third kappa shape index (κ3) is 2.47. The van der Waals surface area contributed by atoms with Crippen molar-refractivity contribution in [1.29, 1.82) is 0 Å². The molecule has 1 aromatic heterocycles. The van der Waals surface area contributed by atoms with Gasteiger partial charge in [0, 0.05) is 20.1 Å². The number of piperidine rings is 1. The van der Waals surface area contributed by atoms with Crippen LogP contribution in [0, 0.1) is 0 Å². The normalized spacial score (nSPS) is 16.5. The van der Waals surface area contributed by atoms with Crippen molar-refractivity contribution in [3.05, 3.63) is 5.28 Å². The number of nitrogens with one attached hydrogen (secondary N) is 1. The van der Waals surface area contributed by atoms with Crippen molar-refractivity contribution >= 4 is 23.5 Å². The summed E-state index contributed by atoms with van der Waals surface area (Å²) in [4.78, 5) is 14.5.